The minimum atomic E-state index is 0.469. The van der Waals surface area contributed by atoms with Crippen LogP contribution >= 0.6 is 0 Å². The van der Waals surface area contributed by atoms with E-state index in [1.807, 2.05) is 12.3 Å². The minimum absolute atomic E-state index is 0.469. The summed E-state index contributed by atoms with van der Waals surface area (Å²) >= 11 is 0. The molecular weight excluding hydrogens is 272 g/mol. The molecular formula is C18H20N4. The molecule has 3 heterocycles. The zero-order chi connectivity index (χ0) is 14.9. The zero-order valence-corrected chi connectivity index (χ0v) is 12.8. The molecule has 4 heteroatoms. The van der Waals surface area contributed by atoms with E-state index in [2.05, 4.69) is 52.1 Å². The molecule has 0 saturated carbocycles. The molecule has 1 aliphatic heterocycles. The van der Waals surface area contributed by atoms with Crippen molar-refractivity contribution in [3.05, 3.63) is 48.2 Å². The van der Waals surface area contributed by atoms with Gasteiger partial charge in [0.05, 0.1) is 0 Å². The molecule has 0 atom stereocenters. The predicted molar refractivity (Wildman–Crippen MR) is 88.8 cm³/mol. The second kappa shape index (κ2) is 5.54. The molecule has 3 aromatic rings. The Balaban J connectivity index is 1.93. The van der Waals surface area contributed by atoms with Gasteiger partial charge in [-0.2, -0.15) is 0 Å². The number of aryl methyl sites for hydroxylation is 1. The van der Waals surface area contributed by atoms with E-state index in [-0.39, 0.29) is 0 Å². The highest BCUT2D eigenvalue weighted by molar-refractivity contribution is 5.78. The van der Waals surface area contributed by atoms with E-state index in [1.54, 1.807) is 0 Å². The van der Waals surface area contributed by atoms with E-state index in [9.17, 15) is 0 Å². The van der Waals surface area contributed by atoms with Crippen LogP contribution in [0.5, 0.6) is 0 Å². The van der Waals surface area contributed by atoms with Crippen LogP contribution in [0.4, 0.5) is 0 Å². The van der Waals surface area contributed by atoms with Gasteiger partial charge in [-0.05, 0) is 44.5 Å². The fraction of sp³-hybridized carbons (Fsp3) is 0.333. The number of fused-ring (bicyclic) bond motifs is 1. The Labute approximate surface area is 130 Å². The maximum atomic E-state index is 4.90. The van der Waals surface area contributed by atoms with E-state index in [0.717, 1.165) is 54.0 Å². The van der Waals surface area contributed by atoms with Crippen molar-refractivity contribution in [2.45, 2.75) is 25.8 Å². The zero-order valence-electron chi connectivity index (χ0n) is 12.8. The Bertz CT molecular complexity index is 785. The summed E-state index contributed by atoms with van der Waals surface area (Å²) in [6, 6.07) is 13.0. The molecule has 4 nitrogen and oxygen atoms in total. The maximum Gasteiger partial charge on any atom is 0.160 e. The van der Waals surface area contributed by atoms with Gasteiger partial charge < -0.3 is 9.88 Å². The van der Waals surface area contributed by atoms with Crippen LogP contribution in [-0.4, -0.2) is 27.6 Å². The van der Waals surface area contributed by atoms with E-state index < -0.39 is 0 Å². The largest absolute Gasteiger partial charge is 0.317 e. The molecule has 0 bridgehead atoms. The van der Waals surface area contributed by atoms with Crippen LogP contribution in [0, 0.1) is 6.92 Å². The number of piperidine rings is 1. The van der Waals surface area contributed by atoms with E-state index in [1.165, 1.54) is 0 Å². The Morgan fingerprint density at radius 3 is 2.68 bits per heavy atom. The number of nitrogens with one attached hydrogen (secondary N) is 1. The van der Waals surface area contributed by atoms with Gasteiger partial charge in [0.25, 0.3) is 0 Å². The number of benzene rings is 1. The first-order valence-electron chi connectivity index (χ1n) is 7.93. The molecule has 0 spiro atoms. The first-order chi connectivity index (χ1) is 10.8. The molecule has 112 valence electrons. The Morgan fingerprint density at radius 1 is 1.14 bits per heavy atom. The van der Waals surface area contributed by atoms with Crippen LogP contribution in [0.15, 0.2) is 42.6 Å². The first-order valence-corrected chi connectivity index (χ1v) is 7.93. The van der Waals surface area contributed by atoms with Crippen LogP contribution in [0.3, 0.4) is 0 Å². The highest BCUT2D eigenvalue weighted by Gasteiger charge is 2.22. The lowest BCUT2D eigenvalue weighted by atomic mass is 10.1. The highest BCUT2D eigenvalue weighted by atomic mass is 15.2. The van der Waals surface area contributed by atoms with Crippen molar-refractivity contribution in [3.8, 4) is 11.4 Å². The second-order valence-corrected chi connectivity index (χ2v) is 6.01. The summed E-state index contributed by atoms with van der Waals surface area (Å²) < 4.78 is 2.35. The van der Waals surface area contributed by atoms with Crippen LogP contribution in [0.2, 0.25) is 0 Å². The molecule has 1 N–H and O–H groups in total. The monoisotopic (exact) mass is 292 g/mol. The lowest BCUT2D eigenvalue weighted by Gasteiger charge is -2.25. The number of pyridine rings is 1. The van der Waals surface area contributed by atoms with E-state index >= 15 is 0 Å². The predicted octanol–water partition coefficient (Wildman–Crippen LogP) is 3.33. The number of rotatable bonds is 2. The normalized spacial score (nSPS) is 16.2. The van der Waals surface area contributed by atoms with Crippen molar-refractivity contribution in [1.82, 2.24) is 19.9 Å². The summed E-state index contributed by atoms with van der Waals surface area (Å²) in [4.78, 5) is 9.58. The smallest absolute Gasteiger partial charge is 0.160 e. The number of hydrogen-bond acceptors (Lipinski definition) is 3. The number of nitrogens with zero attached hydrogens (tertiary/aromatic N) is 3. The van der Waals surface area contributed by atoms with Crippen LogP contribution in [0.25, 0.3) is 22.6 Å². The molecule has 0 unspecified atom stereocenters. The third-order valence-electron chi connectivity index (χ3n) is 4.37. The Morgan fingerprint density at radius 2 is 1.91 bits per heavy atom. The van der Waals surface area contributed by atoms with Gasteiger partial charge in [0.2, 0.25) is 0 Å². The third kappa shape index (κ3) is 2.29. The topological polar surface area (TPSA) is 42.7 Å². The number of hydrogen-bond donors (Lipinski definition) is 1. The third-order valence-corrected chi connectivity index (χ3v) is 4.37. The molecule has 1 saturated heterocycles. The van der Waals surface area contributed by atoms with Gasteiger partial charge in [-0.25, -0.2) is 9.97 Å². The SMILES string of the molecule is Cc1cnc2c(c1)nc(-c1ccccc1)n2C1CCNCC1. The lowest BCUT2D eigenvalue weighted by Crippen LogP contribution is -2.29. The molecule has 0 radical (unpaired) electrons. The molecule has 1 fully saturated rings. The number of imidazole rings is 1. The van der Waals surface area contributed by atoms with Gasteiger partial charge in [-0.1, -0.05) is 30.3 Å². The van der Waals surface area contributed by atoms with Gasteiger partial charge in [0, 0.05) is 17.8 Å². The first kappa shape index (κ1) is 13.5. The van der Waals surface area contributed by atoms with Crippen LogP contribution < -0.4 is 5.32 Å². The van der Waals surface area contributed by atoms with E-state index in [4.69, 9.17) is 4.98 Å². The van der Waals surface area contributed by atoms with Crippen molar-refractivity contribution < 1.29 is 0 Å². The van der Waals surface area contributed by atoms with Gasteiger partial charge >= 0.3 is 0 Å². The van der Waals surface area contributed by atoms with Crippen molar-refractivity contribution in [3.63, 3.8) is 0 Å². The highest BCUT2D eigenvalue weighted by Crippen LogP contribution is 2.31. The Kier molecular flexibility index (Phi) is 3.39. The fourth-order valence-electron chi connectivity index (χ4n) is 3.28. The summed E-state index contributed by atoms with van der Waals surface area (Å²) in [6.45, 7) is 4.19. The Hall–Kier alpha value is -2.20. The summed E-state index contributed by atoms with van der Waals surface area (Å²) in [5, 5.41) is 3.44. The summed E-state index contributed by atoms with van der Waals surface area (Å²) in [5.41, 5.74) is 4.33. The molecule has 0 amide bonds. The summed E-state index contributed by atoms with van der Waals surface area (Å²) in [7, 11) is 0. The second-order valence-electron chi connectivity index (χ2n) is 6.01. The average Bonchev–Trinajstić information content (AvgIpc) is 2.95. The number of aromatic nitrogens is 3. The standard InChI is InChI=1S/C18H20N4/c1-13-11-16-18(20-12-13)22(15-7-9-19-10-8-15)17(21-16)14-5-3-2-4-6-14/h2-6,11-12,15,19H,7-10H2,1H3. The molecule has 1 aliphatic rings. The average molecular weight is 292 g/mol. The van der Waals surface area contributed by atoms with Crippen molar-refractivity contribution in [2.24, 2.45) is 0 Å². The molecule has 1 aromatic carbocycles. The van der Waals surface area contributed by atoms with Gasteiger partial charge in [-0.3, -0.25) is 0 Å². The maximum absolute atomic E-state index is 4.90. The van der Waals surface area contributed by atoms with Gasteiger partial charge in [-0.15, -0.1) is 0 Å². The lowest BCUT2D eigenvalue weighted by molar-refractivity contribution is 0.376. The molecule has 0 aliphatic carbocycles. The van der Waals surface area contributed by atoms with E-state index in [0.29, 0.717) is 6.04 Å². The summed E-state index contributed by atoms with van der Waals surface area (Å²) in [6.07, 6.45) is 4.19. The quantitative estimate of drug-likeness (QED) is 0.788. The molecule has 4 rings (SSSR count). The van der Waals surface area contributed by atoms with Crippen molar-refractivity contribution in [2.75, 3.05) is 13.1 Å². The molecule has 2 aromatic heterocycles. The minimum Gasteiger partial charge on any atom is -0.317 e. The van der Waals surface area contributed by atoms with Crippen LogP contribution in [-0.2, 0) is 0 Å². The summed E-state index contributed by atoms with van der Waals surface area (Å²) in [5.74, 6) is 1.04. The van der Waals surface area contributed by atoms with Crippen molar-refractivity contribution >= 4 is 11.2 Å². The van der Waals surface area contributed by atoms with Crippen molar-refractivity contribution in [1.29, 1.82) is 0 Å². The van der Waals surface area contributed by atoms with Gasteiger partial charge in [0.15, 0.2) is 5.65 Å². The molecule has 22 heavy (non-hydrogen) atoms. The van der Waals surface area contributed by atoms with Crippen LogP contribution in [0.1, 0.15) is 24.4 Å². The van der Waals surface area contributed by atoms with Gasteiger partial charge in [0.1, 0.15) is 11.3 Å². The fourth-order valence-corrected chi connectivity index (χ4v) is 3.28.